The van der Waals surface area contributed by atoms with Crippen LogP contribution >= 0.6 is 11.3 Å². The molecule has 1 aromatic heterocycles. The number of nitrogen functional groups attached to an aromatic ring is 1. The zero-order valence-electron chi connectivity index (χ0n) is 20.0. The fourth-order valence-corrected chi connectivity index (χ4v) is 4.98. The molecule has 0 aliphatic carbocycles. The van der Waals surface area contributed by atoms with E-state index in [1.807, 2.05) is 0 Å². The Morgan fingerprint density at radius 1 is 1.32 bits per heavy atom. The van der Waals surface area contributed by atoms with Crippen LogP contribution in [-0.2, 0) is 20.8 Å². The number of ketones is 1. The van der Waals surface area contributed by atoms with Crippen molar-refractivity contribution in [3.63, 3.8) is 0 Å². The van der Waals surface area contributed by atoms with Gasteiger partial charge >= 0.3 is 30.9 Å². The lowest BCUT2D eigenvalue weighted by Crippen LogP contribution is -2.58. The van der Waals surface area contributed by atoms with Crippen LogP contribution < -0.4 is 15.7 Å². The molecule has 16 heteroatoms. The van der Waals surface area contributed by atoms with Crippen molar-refractivity contribution in [1.82, 2.24) is 20.1 Å². The molecule has 1 unspecified atom stereocenters. The van der Waals surface area contributed by atoms with E-state index in [1.54, 1.807) is 13.0 Å². The molecule has 3 heterocycles. The predicted molar refractivity (Wildman–Crippen MR) is 131 cm³/mol. The van der Waals surface area contributed by atoms with Gasteiger partial charge in [0.2, 0.25) is 5.13 Å². The molecular formula is C22H23BFN5O8S. The third kappa shape index (κ3) is 5.17. The molecule has 5 N–H and O–H groups in total. The van der Waals surface area contributed by atoms with E-state index in [0.717, 1.165) is 0 Å². The third-order valence-electron chi connectivity index (χ3n) is 6.34. The molecule has 2 aromatic rings. The molecule has 0 radical (unpaired) electrons. The molecule has 4 rings (SSSR count). The number of carbonyl (C=O) groups is 5. The van der Waals surface area contributed by atoms with Crippen LogP contribution in [0.15, 0.2) is 18.2 Å². The van der Waals surface area contributed by atoms with Gasteiger partial charge in [-0.2, -0.15) is 4.39 Å². The fraction of sp³-hybridized carbons (Fsp3) is 0.364. The highest BCUT2D eigenvalue weighted by Crippen LogP contribution is 2.37. The van der Waals surface area contributed by atoms with Crippen LogP contribution in [0, 0.1) is 5.13 Å². The number of aromatic nitrogens is 1. The standard InChI is InChI=1S/C22H23BFN5O8S/c1-2-28-6-7-29(19(32)18(28)31)22(35)27-14(15-17(24)38-21(25)26-15)13(30)9-11-8-10-4-3-5-12(20(33)34)16(10)37-23(11)36/h3-5,11,14,36H,2,6-9H2,1H3,(H2,25,26)(H,27,35)(H,33,34)/t11-,14?/m1/s1. The Kier molecular flexibility index (Phi) is 7.64. The molecular weight excluding hydrogens is 524 g/mol. The summed E-state index contributed by atoms with van der Waals surface area (Å²) in [7, 11) is -1.57. The molecule has 1 saturated heterocycles. The molecule has 200 valence electrons. The number of nitrogens with two attached hydrogens (primary N) is 1. The highest BCUT2D eigenvalue weighted by Gasteiger charge is 2.42. The first-order chi connectivity index (χ1) is 18.0. The Bertz CT molecular complexity index is 1320. The lowest BCUT2D eigenvalue weighted by atomic mass is 9.64. The van der Waals surface area contributed by atoms with E-state index >= 15 is 0 Å². The van der Waals surface area contributed by atoms with Crippen molar-refractivity contribution in [3.8, 4) is 5.75 Å². The number of rotatable bonds is 7. The Morgan fingerprint density at radius 3 is 2.68 bits per heavy atom. The number of aromatic carboxylic acids is 1. The molecule has 1 fully saturated rings. The lowest BCUT2D eigenvalue weighted by Gasteiger charge is -2.32. The number of amides is 4. The van der Waals surface area contributed by atoms with Crippen molar-refractivity contribution in [1.29, 1.82) is 0 Å². The number of likely N-dealkylation sites (N-methyl/N-ethyl adjacent to an activating group) is 1. The number of anilines is 1. The summed E-state index contributed by atoms with van der Waals surface area (Å²) in [4.78, 5) is 68.1. The van der Waals surface area contributed by atoms with Gasteiger partial charge in [0, 0.05) is 31.9 Å². The maximum atomic E-state index is 14.6. The van der Waals surface area contributed by atoms with Crippen LogP contribution in [0.25, 0.3) is 0 Å². The third-order valence-corrected chi connectivity index (χ3v) is 7.03. The van der Waals surface area contributed by atoms with Crippen LogP contribution in [0.5, 0.6) is 5.75 Å². The molecule has 2 atom stereocenters. The normalized spacial score (nSPS) is 18.1. The van der Waals surface area contributed by atoms with Crippen molar-refractivity contribution in [3.05, 3.63) is 40.2 Å². The van der Waals surface area contributed by atoms with E-state index in [2.05, 4.69) is 10.3 Å². The monoisotopic (exact) mass is 547 g/mol. The Hall–Kier alpha value is -4.05. The zero-order valence-corrected chi connectivity index (χ0v) is 20.9. The minimum atomic E-state index is -1.69. The maximum Gasteiger partial charge on any atom is 0.526 e. The van der Waals surface area contributed by atoms with E-state index in [1.165, 1.54) is 17.0 Å². The quantitative estimate of drug-likeness (QED) is 0.279. The number of nitrogens with one attached hydrogen (secondary N) is 1. The van der Waals surface area contributed by atoms with Crippen molar-refractivity contribution in [2.75, 3.05) is 25.4 Å². The second-order valence-electron chi connectivity index (χ2n) is 8.68. The first-order valence-electron chi connectivity index (χ1n) is 11.6. The van der Waals surface area contributed by atoms with Gasteiger partial charge in [0.05, 0.1) is 5.56 Å². The highest BCUT2D eigenvalue weighted by molar-refractivity contribution is 7.13. The van der Waals surface area contributed by atoms with E-state index < -0.39 is 65.8 Å². The highest BCUT2D eigenvalue weighted by atomic mass is 32.1. The minimum absolute atomic E-state index is 0.0197. The molecule has 0 saturated carbocycles. The van der Waals surface area contributed by atoms with Gasteiger partial charge in [-0.05, 0) is 25.0 Å². The molecule has 2 aliphatic heterocycles. The predicted octanol–water partition coefficient (Wildman–Crippen LogP) is 0.449. The summed E-state index contributed by atoms with van der Waals surface area (Å²) >= 11 is 0.449. The number of imide groups is 1. The number of benzene rings is 1. The summed E-state index contributed by atoms with van der Waals surface area (Å²) < 4.78 is 20.0. The van der Waals surface area contributed by atoms with Crippen LogP contribution in [0.3, 0.4) is 0 Å². The molecule has 0 spiro atoms. The van der Waals surface area contributed by atoms with Crippen LogP contribution in [0.1, 0.15) is 41.0 Å². The number of carbonyl (C=O) groups excluding carboxylic acids is 4. The van der Waals surface area contributed by atoms with Gasteiger partial charge in [-0.1, -0.05) is 23.5 Å². The second kappa shape index (κ2) is 10.7. The maximum absolute atomic E-state index is 14.6. The van der Waals surface area contributed by atoms with Gasteiger partial charge in [-0.3, -0.25) is 19.3 Å². The van der Waals surface area contributed by atoms with Crippen molar-refractivity contribution in [2.45, 2.75) is 31.6 Å². The van der Waals surface area contributed by atoms with E-state index in [4.69, 9.17) is 10.4 Å². The van der Waals surface area contributed by atoms with Gasteiger partial charge in [0.25, 0.3) is 0 Å². The first-order valence-corrected chi connectivity index (χ1v) is 12.4. The number of nitrogens with zero attached hydrogens (tertiary/aromatic N) is 3. The zero-order chi connectivity index (χ0) is 27.7. The van der Waals surface area contributed by atoms with Gasteiger partial charge in [0.1, 0.15) is 17.5 Å². The second-order valence-corrected chi connectivity index (χ2v) is 9.66. The average molecular weight is 547 g/mol. The lowest BCUT2D eigenvalue weighted by molar-refractivity contribution is -0.153. The van der Waals surface area contributed by atoms with Crippen molar-refractivity contribution >= 4 is 53.2 Å². The number of carboxylic acid groups (broad SMARTS) is 1. The van der Waals surface area contributed by atoms with E-state index in [0.29, 0.717) is 21.8 Å². The number of thiazole rings is 1. The minimum Gasteiger partial charge on any atom is -0.535 e. The fourth-order valence-electron chi connectivity index (χ4n) is 4.38. The Labute approximate surface area is 219 Å². The first kappa shape index (κ1) is 27.0. The van der Waals surface area contributed by atoms with Gasteiger partial charge in [-0.15, -0.1) is 0 Å². The number of halogens is 1. The van der Waals surface area contributed by atoms with E-state index in [-0.39, 0.29) is 42.5 Å². The summed E-state index contributed by atoms with van der Waals surface area (Å²) in [5.74, 6) is -4.91. The summed E-state index contributed by atoms with van der Waals surface area (Å²) in [6.07, 6.45) is -0.381. The number of fused-ring (bicyclic) bond motifs is 1. The molecule has 0 bridgehead atoms. The molecule has 4 amide bonds. The molecule has 1 aromatic carbocycles. The molecule has 38 heavy (non-hydrogen) atoms. The van der Waals surface area contributed by atoms with Crippen LogP contribution in [-0.4, -0.2) is 81.3 Å². The Morgan fingerprint density at radius 2 is 2.05 bits per heavy atom. The van der Waals surface area contributed by atoms with Gasteiger partial charge < -0.3 is 30.7 Å². The molecule has 13 nitrogen and oxygen atoms in total. The number of piperazine rings is 1. The van der Waals surface area contributed by atoms with Gasteiger partial charge in [-0.25, -0.2) is 14.6 Å². The van der Waals surface area contributed by atoms with E-state index in [9.17, 15) is 38.5 Å². The largest absolute Gasteiger partial charge is 0.535 e. The number of urea groups is 1. The topological polar surface area (TPSA) is 192 Å². The van der Waals surface area contributed by atoms with Crippen LogP contribution in [0.2, 0.25) is 5.82 Å². The summed E-state index contributed by atoms with van der Waals surface area (Å²) in [5.41, 5.74) is 5.39. The SMILES string of the molecule is CCN1CCN(C(=O)NC(C(=O)C[C@H]2Cc3cccc(C(=O)O)c3OB2O)c2nc(N)sc2F)C(=O)C1=O. The van der Waals surface area contributed by atoms with Crippen molar-refractivity contribution in [2.24, 2.45) is 0 Å². The number of Topliss-reactive ketones (excluding diaryl/α,β-unsaturated/α-hetero) is 1. The smallest absolute Gasteiger partial charge is 0.526 e. The number of para-hydroxylation sites is 1. The Balaban J connectivity index is 1.56. The van der Waals surface area contributed by atoms with Crippen molar-refractivity contribution < 1.29 is 43.1 Å². The average Bonchev–Trinajstić information content (AvgIpc) is 3.21. The molecule has 2 aliphatic rings. The number of hydrogen-bond acceptors (Lipinski definition) is 10. The number of carboxylic acids is 1. The summed E-state index contributed by atoms with van der Waals surface area (Å²) in [6.45, 7) is 1.90. The van der Waals surface area contributed by atoms with Crippen LogP contribution in [0.4, 0.5) is 14.3 Å². The number of hydrogen-bond donors (Lipinski definition) is 4. The van der Waals surface area contributed by atoms with Gasteiger partial charge in [0.15, 0.2) is 10.9 Å². The summed E-state index contributed by atoms with van der Waals surface area (Å²) in [5, 5.41) is 21.0. The summed E-state index contributed by atoms with van der Waals surface area (Å²) in [6, 6.07) is 1.61.